The second kappa shape index (κ2) is 7.88. The summed E-state index contributed by atoms with van der Waals surface area (Å²) in [4.78, 5) is 12.6. The van der Waals surface area contributed by atoms with Gasteiger partial charge in [-0.05, 0) is 43.7 Å². The van der Waals surface area contributed by atoms with Crippen LogP contribution in [0.5, 0.6) is 5.75 Å². The van der Waals surface area contributed by atoms with Crippen LogP contribution in [0.4, 0.5) is 5.69 Å². The van der Waals surface area contributed by atoms with Gasteiger partial charge in [0.05, 0.1) is 22.6 Å². The first-order chi connectivity index (χ1) is 11.8. The zero-order valence-corrected chi connectivity index (χ0v) is 16.3. The van der Waals surface area contributed by atoms with Crippen molar-refractivity contribution in [1.29, 1.82) is 0 Å². The smallest absolute Gasteiger partial charge is 0.264 e. The molecule has 0 aliphatic rings. The molecule has 0 radical (unpaired) electrons. The summed E-state index contributed by atoms with van der Waals surface area (Å²) in [7, 11) is -0.707. The van der Waals surface area contributed by atoms with Crippen molar-refractivity contribution in [3.63, 3.8) is 0 Å². The number of nitrogens with zero attached hydrogens (tertiary/aromatic N) is 1. The molecule has 1 heterocycles. The summed E-state index contributed by atoms with van der Waals surface area (Å²) >= 11 is 1.12. The number of methoxy groups -OCH3 is 1. The van der Waals surface area contributed by atoms with E-state index < -0.39 is 10.0 Å². The van der Waals surface area contributed by atoms with Crippen LogP contribution < -0.4 is 14.4 Å². The van der Waals surface area contributed by atoms with E-state index in [0.29, 0.717) is 16.3 Å². The first-order valence-corrected chi connectivity index (χ1v) is 10.1. The molecule has 136 valence electrons. The van der Waals surface area contributed by atoms with Gasteiger partial charge in [0.15, 0.2) is 0 Å². The van der Waals surface area contributed by atoms with E-state index >= 15 is 0 Å². The van der Waals surface area contributed by atoms with Crippen molar-refractivity contribution in [1.82, 2.24) is 5.32 Å². The number of carbonyl (C=O) groups excluding carboxylic acids is 1. The Kier molecular flexibility index (Phi) is 6.07. The Morgan fingerprint density at radius 1 is 1.32 bits per heavy atom. The molecule has 0 saturated carbocycles. The molecular formula is C17H22N2O4S2. The minimum atomic E-state index is -3.74. The Hall–Kier alpha value is -2.06. The molecule has 0 fully saturated rings. The third-order valence-electron chi connectivity index (χ3n) is 3.88. The lowest BCUT2D eigenvalue weighted by Crippen LogP contribution is -2.31. The number of carbonyl (C=O) groups is 1. The molecule has 1 atom stereocenters. The number of thiophene rings is 1. The Labute approximate surface area is 152 Å². The maximum Gasteiger partial charge on any atom is 0.264 e. The zero-order chi connectivity index (χ0) is 18.6. The van der Waals surface area contributed by atoms with Crippen molar-refractivity contribution in [2.24, 2.45) is 0 Å². The van der Waals surface area contributed by atoms with Crippen LogP contribution in [0, 0.1) is 0 Å². The van der Waals surface area contributed by atoms with Crippen molar-refractivity contribution in [2.45, 2.75) is 31.2 Å². The van der Waals surface area contributed by atoms with Crippen LogP contribution in [0.25, 0.3) is 0 Å². The van der Waals surface area contributed by atoms with Crippen molar-refractivity contribution >= 4 is 33.0 Å². The molecule has 1 aromatic heterocycles. The van der Waals surface area contributed by atoms with Gasteiger partial charge < -0.3 is 10.1 Å². The molecule has 2 rings (SSSR count). The molecule has 0 aliphatic carbocycles. The van der Waals surface area contributed by atoms with Crippen molar-refractivity contribution in [2.75, 3.05) is 18.5 Å². The van der Waals surface area contributed by atoms with Crippen LogP contribution in [-0.2, 0) is 10.0 Å². The quantitative estimate of drug-likeness (QED) is 0.798. The van der Waals surface area contributed by atoms with E-state index in [-0.39, 0.29) is 16.8 Å². The topological polar surface area (TPSA) is 75.7 Å². The maximum atomic E-state index is 12.8. The van der Waals surface area contributed by atoms with Crippen LogP contribution in [0.1, 0.15) is 29.9 Å². The predicted molar refractivity (Wildman–Crippen MR) is 100 cm³/mol. The molecule has 8 heteroatoms. The van der Waals surface area contributed by atoms with Crippen LogP contribution in [-0.4, -0.2) is 34.5 Å². The molecule has 25 heavy (non-hydrogen) atoms. The van der Waals surface area contributed by atoms with E-state index in [1.165, 1.54) is 22.8 Å². The van der Waals surface area contributed by atoms with Crippen LogP contribution in [0.3, 0.4) is 0 Å². The molecule has 1 amide bonds. The molecule has 0 spiro atoms. The fourth-order valence-electron chi connectivity index (χ4n) is 2.06. The number of amides is 1. The summed E-state index contributed by atoms with van der Waals surface area (Å²) in [6.45, 7) is 3.87. The molecule has 2 aromatic rings. The highest BCUT2D eigenvalue weighted by Crippen LogP contribution is 2.27. The van der Waals surface area contributed by atoms with Gasteiger partial charge in [0, 0.05) is 18.5 Å². The minimum Gasteiger partial charge on any atom is -0.497 e. The predicted octanol–water partition coefficient (Wildman–Crippen LogP) is 3.11. The Morgan fingerprint density at radius 3 is 2.52 bits per heavy atom. The molecule has 1 aromatic carbocycles. The number of hydrogen-bond donors (Lipinski definition) is 1. The number of sulfonamides is 1. The third kappa shape index (κ3) is 4.32. The van der Waals surface area contributed by atoms with Gasteiger partial charge in [-0.15, -0.1) is 11.3 Å². The van der Waals surface area contributed by atoms with Gasteiger partial charge in [-0.25, -0.2) is 8.42 Å². The number of nitrogens with one attached hydrogen (secondary N) is 1. The SMILES string of the molecule is CCC(C)NC(=O)c1cc(S(=O)(=O)N(C)c2ccc(OC)cc2)cs1. The molecular weight excluding hydrogens is 360 g/mol. The van der Waals surface area contributed by atoms with Gasteiger partial charge in [-0.3, -0.25) is 9.10 Å². The third-order valence-corrected chi connectivity index (χ3v) is 6.72. The van der Waals surface area contributed by atoms with Crippen LogP contribution in [0.15, 0.2) is 40.6 Å². The number of ether oxygens (including phenoxy) is 1. The van der Waals surface area contributed by atoms with Gasteiger partial charge in [0.1, 0.15) is 5.75 Å². The lowest BCUT2D eigenvalue weighted by molar-refractivity contribution is 0.0943. The minimum absolute atomic E-state index is 0.0385. The summed E-state index contributed by atoms with van der Waals surface area (Å²) in [5.74, 6) is 0.391. The van der Waals surface area contributed by atoms with Gasteiger partial charge in [-0.1, -0.05) is 6.92 Å². The highest BCUT2D eigenvalue weighted by Gasteiger charge is 2.24. The van der Waals surface area contributed by atoms with E-state index in [0.717, 1.165) is 17.8 Å². The van der Waals surface area contributed by atoms with E-state index in [1.54, 1.807) is 31.4 Å². The van der Waals surface area contributed by atoms with Crippen LogP contribution >= 0.6 is 11.3 Å². The number of anilines is 1. The zero-order valence-electron chi connectivity index (χ0n) is 14.6. The number of rotatable bonds is 7. The molecule has 0 saturated heterocycles. The summed E-state index contributed by atoms with van der Waals surface area (Å²) in [6, 6.07) is 8.17. The summed E-state index contributed by atoms with van der Waals surface area (Å²) < 4.78 is 31.8. The lowest BCUT2D eigenvalue weighted by atomic mass is 10.2. The maximum absolute atomic E-state index is 12.8. The average Bonchev–Trinajstić information content (AvgIpc) is 3.12. The second-order valence-electron chi connectivity index (χ2n) is 5.60. The van der Waals surface area contributed by atoms with Crippen molar-refractivity contribution < 1.29 is 17.9 Å². The number of hydrogen-bond acceptors (Lipinski definition) is 5. The standard InChI is InChI=1S/C17H22N2O4S2/c1-5-12(2)18-17(20)16-10-15(11-24-16)25(21,22)19(3)13-6-8-14(23-4)9-7-13/h6-12H,5H2,1-4H3,(H,18,20). The fraction of sp³-hybridized carbons (Fsp3) is 0.353. The molecule has 6 nitrogen and oxygen atoms in total. The van der Waals surface area contributed by atoms with Gasteiger partial charge in [0.2, 0.25) is 0 Å². The van der Waals surface area contributed by atoms with E-state index in [2.05, 4.69) is 5.32 Å². The Morgan fingerprint density at radius 2 is 1.96 bits per heavy atom. The molecule has 1 N–H and O–H groups in total. The Balaban J connectivity index is 2.22. The van der Waals surface area contributed by atoms with Crippen molar-refractivity contribution in [3.05, 3.63) is 40.6 Å². The van der Waals surface area contributed by atoms with Crippen LogP contribution in [0.2, 0.25) is 0 Å². The largest absolute Gasteiger partial charge is 0.497 e. The van der Waals surface area contributed by atoms with Gasteiger partial charge >= 0.3 is 0 Å². The molecule has 0 aliphatic heterocycles. The lowest BCUT2D eigenvalue weighted by Gasteiger charge is -2.18. The van der Waals surface area contributed by atoms with Gasteiger partial charge in [0.25, 0.3) is 15.9 Å². The van der Waals surface area contributed by atoms with E-state index in [9.17, 15) is 13.2 Å². The highest BCUT2D eigenvalue weighted by atomic mass is 32.2. The van der Waals surface area contributed by atoms with Crippen molar-refractivity contribution in [3.8, 4) is 5.75 Å². The first kappa shape index (κ1) is 19.3. The summed E-state index contributed by atoms with van der Waals surface area (Å²) in [5, 5.41) is 4.32. The highest BCUT2D eigenvalue weighted by molar-refractivity contribution is 7.93. The fourth-order valence-corrected chi connectivity index (χ4v) is 4.42. The first-order valence-electron chi connectivity index (χ1n) is 7.82. The number of benzene rings is 1. The normalized spacial score (nSPS) is 12.5. The van der Waals surface area contributed by atoms with E-state index in [1.807, 2.05) is 13.8 Å². The summed E-state index contributed by atoms with van der Waals surface area (Å²) in [5.41, 5.74) is 0.512. The molecule has 1 unspecified atom stereocenters. The van der Waals surface area contributed by atoms with Gasteiger partial charge in [-0.2, -0.15) is 0 Å². The average molecular weight is 383 g/mol. The molecule has 0 bridgehead atoms. The monoisotopic (exact) mass is 382 g/mol. The van der Waals surface area contributed by atoms with E-state index in [4.69, 9.17) is 4.74 Å². The Bertz CT molecular complexity index is 829. The summed E-state index contributed by atoms with van der Waals surface area (Å²) in [6.07, 6.45) is 0.808. The second-order valence-corrected chi connectivity index (χ2v) is 8.48.